The molecule has 21 heavy (non-hydrogen) atoms. The van der Waals surface area contributed by atoms with E-state index in [0.717, 1.165) is 22.2 Å². The molecule has 2 aromatic rings. The molecule has 0 aliphatic carbocycles. The van der Waals surface area contributed by atoms with Crippen LogP contribution >= 0.6 is 0 Å². The Bertz CT molecular complexity index is 722. The molecule has 7 heteroatoms. The number of nitrogens with one attached hydrogen (secondary N) is 1. The van der Waals surface area contributed by atoms with E-state index in [-0.39, 0.29) is 11.8 Å². The molecule has 0 unspecified atom stereocenters. The van der Waals surface area contributed by atoms with Crippen molar-refractivity contribution in [3.63, 3.8) is 0 Å². The molecule has 0 fully saturated rings. The van der Waals surface area contributed by atoms with E-state index < -0.39 is 4.92 Å². The molecule has 0 atom stereocenters. The van der Waals surface area contributed by atoms with E-state index in [1.54, 1.807) is 24.0 Å². The lowest BCUT2D eigenvalue weighted by Gasteiger charge is -2.26. The third-order valence-corrected chi connectivity index (χ3v) is 3.70. The fourth-order valence-corrected chi connectivity index (χ4v) is 2.69. The summed E-state index contributed by atoms with van der Waals surface area (Å²) in [6.07, 6.45) is 0.347. The van der Waals surface area contributed by atoms with Crippen LogP contribution in [0.15, 0.2) is 18.2 Å². The summed E-state index contributed by atoms with van der Waals surface area (Å²) in [4.78, 5) is 27.2. The van der Waals surface area contributed by atoms with Crippen LogP contribution in [0.1, 0.15) is 18.2 Å². The Morgan fingerprint density at radius 3 is 3.05 bits per heavy atom. The number of hydrogen-bond acceptors (Lipinski definition) is 4. The number of fused-ring (bicyclic) bond motifs is 3. The van der Waals surface area contributed by atoms with Gasteiger partial charge >= 0.3 is 6.09 Å². The smallest absolute Gasteiger partial charge is 0.410 e. The SMILES string of the molecule is CCOC(=O)N1CCc2[nH]c3ccc([N+](=O)[O-])cc3c2C1. The highest BCUT2D eigenvalue weighted by Crippen LogP contribution is 2.30. The lowest BCUT2D eigenvalue weighted by molar-refractivity contribution is -0.384. The third-order valence-electron chi connectivity index (χ3n) is 3.70. The number of aromatic nitrogens is 1. The van der Waals surface area contributed by atoms with Gasteiger partial charge in [-0.05, 0) is 13.0 Å². The lowest BCUT2D eigenvalue weighted by Crippen LogP contribution is -2.36. The summed E-state index contributed by atoms with van der Waals surface area (Å²) in [5.41, 5.74) is 2.88. The van der Waals surface area contributed by atoms with Crippen molar-refractivity contribution in [2.75, 3.05) is 13.2 Å². The fourth-order valence-electron chi connectivity index (χ4n) is 2.69. The van der Waals surface area contributed by atoms with Gasteiger partial charge in [0.2, 0.25) is 0 Å². The van der Waals surface area contributed by atoms with Crippen LogP contribution < -0.4 is 0 Å². The summed E-state index contributed by atoms with van der Waals surface area (Å²) in [5, 5.41) is 11.7. The summed E-state index contributed by atoms with van der Waals surface area (Å²) < 4.78 is 5.02. The second-order valence-electron chi connectivity index (χ2n) is 4.94. The molecule has 1 N–H and O–H groups in total. The van der Waals surface area contributed by atoms with Crippen molar-refractivity contribution in [1.82, 2.24) is 9.88 Å². The molecule has 7 nitrogen and oxygen atoms in total. The van der Waals surface area contributed by atoms with Crippen molar-refractivity contribution in [3.05, 3.63) is 39.6 Å². The summed E-state index contributed by atoms with van der Waals surface area (Å²) in [7, 11) is 0. The highest BCUT2D eigenvalue weighted by Gasteiger charge is 2.25. The summed E-state index contributed by atoms with van der Waals surface area (Å²) >= 11 is 0. The van der Waals surface area contributed by atoms with E-state index in [9.17, 15) is 14.9 Å². The summed E-state index contributed by atoms with van der Waals surface area (Å²) in [6.45, 7) is 3.10. The molecular formula is C14H15N3O4. The van der Waals surface area contributed by atoms with Crippen molar-refractivity contribution in [1.29, 1.82) is 0 Å². The second kappa shape index (κ2) is 5.08. The van der Waals surface area contributed by atoms with E-state index in [2.05, 4.69) is 4.98 Å². The highest BCUT2D eigenvalue weighted by molar-refractivity contribution is 5.87. The van der Waals surface area contributed by atoms with Gasteiger partial charge in [-0.1, -0.05) is 0 Å². The Labute approximate surface area is 120 Å². The number of H-pyrrole nitrogens is 1. The van der Waals surface area contributed by atoms with Crippen LogP contribution in [0, 0.1) is 10.1 Å². The first kappa shape index (κ1) is 13.4. The Morgan fingerprint density at radius 1 is 1.52 bits per heavy atom. The minimum atomic E-state index is -0.412. The van der Waals surface area contributed by atoms with E-state index >= 15 is 0 Å². The van der Waals surface area contributed by atoms with Crippen LogP contribution in [-0.4, -0.2) is 34.1 Å². The topological polar surface area (TPSA) is 88.5 Å². The van der Waals surface area contributed by atoms with Gasteiger partial charge in [0.1, 0.15) is 0 Å². The molecule has 1 aliphatic heterocycles. The van der Waals surface area contributed by atoms with Crippen LogP contribution in [0.25, 0.3) is 10.9 Å². The second-order valence-corrected chi connectivity index (χ2v) is 4.94. The number of benzene rings is 1. The van der Waals surface area contributed by atoms with Crippen LogP contribution in [0.2, 0.25) is 0 Å². The van der Waals surface area contributed by atoms with Gasteiger partial charge in [0.05, 0.1) is 18.1 Å². The number of rotatable bonds is 2. The van der Waals surface area contributed by atoms with Crippen LogP contribution in [0.4, 0.5) is 10.5 Å². The summed E-state index contributed by atoms with van der Waals surface area (Å²) in [5.74, 6) is 0. The lowest BCUT2D eigenvalue weighted by atomic mass is 10.0. The first-order valence-corrected chi connectivity index (χ1v) is 6.79. The maximum absolute atomic E-state index is 11.8. The van der Waals surface area contributed by atoms with Crippen molar-refractivity contribution >= 4 is 22.7 Å². The van der Waals surface area contributed by atoms with Gasteiger partial charge in [0.15, 0.2) is 0 Å². The normalized spacial score (nSPS) is 14.0. The maximum Gasteiger partial charge on any atom is 0.410 e. The van der Waals surface area contributed by atoms with Crippen molar-refractivity contribution in [2.24, 2.45) is 0 Å². The molecule has 0 saturated carbocycles. The Hall–Kier alpha value is -2.57. The number of nitro benzene ring substituents is 1. The molecular weight excluding hydrogens is 274 g/mol. The van der Waals surface area contributed by atoms with E-state index in [1.807, 2.05) is 0 Å². The first-order chi connectivity index (χ1) is 10.1. The number of nitrogens with zero attached hydrogens (tertiary/aromatic N) is 2. The number of aromatic amines is 1. The molecule has 1 aromatic heterocycles. The minimum absolute atomic E-state index is 0.0533. The third kappa shape index (κ3) is 2.31. The Kier molecular flexibility index (Phi) is 3.25. The highest BCUT2D eigenvalue weighted by atomic mass is 16.6. The van der Waals surface area contributed by atoms with Crippen molar-refractivity contribution in [2.45, 2.75) is 19.9 Å². The van der Waals surface area contributed by atoms with Gasteiger partial charge in [-0.3, -0.25) is 10.1 Å². The van der Waals surface area contributed by atoms with Gasteiger partial charge in [-0.2, -0.15) is 0 Å². The number of ether oxygens (including phenoxy) is 1. The number of nitro groups is 1. The Morgan fingerprint density at radius 2 is 2.33 bits per heavy atom. The summed E-state index contributed by atoms with van der Waals surface area (Å²) in [6, 6.07) is 4.74. The average molecular weight is 289 g/mol. The molecule has 1 aromatic carbocycles. The quantitative estimate of drug-likeness (QED) is 0.679. The Balaban J connectivity index is 1.99. The van der Waals surface area contributed by atoms with Crippen molar-refractivity contribution in [3.8, 4) is 0 Å². The molecule has 0 radical (unpaired) electrons. The number of non-ortho nitro benzene ring substituents is 1. The molecule has 3 rings (SSSR count). The number of carbonyl (C=O) groups excluding carboxylic acids is 1. The number of amides is 1. The molecule has 110 valence electrons. The van der Waals surface area contributed by atoms with Gasteiger partial charge in [-0.15, -0.1) is 0 Å². The minimum Gasteiger partial charge on any atom is -0.450 e. The monoisotopic (exact) mass is 289 g/mol. The fraction of sp³-hybridized carbons (Fsp3) is 0.357. The molecule has 0 spiro atoms. The molecule has 1 aliphatic rings. The van der Waals surface area contributed by atoms with E-state index in [1.165, 1.54) is 6.07 Å². The van der Waals surface area contributed by atoms with Crippen LogP contribution in [0.3, 0.4) is 0 Å². The zero-order chi connectivity index (χ0) is 15.0. The van der Waals surface area contributed by atoms with Crippen molar-refractivity contribution < 1.29 is 14.5 Å². The van der Waals surface area contributed by atoms with Gasteiger partial charge < -0.3 is 14.6 Å². The molecule has 0 bridgehead atoms. The average Bonchev–Trinajstić information content (AvgIpc) is 2.84. The maximum atomic E-state index is 11.8. The zero-order valence-electron chi connectivity index (χ0n) is 11.6. The van der Waals surface area contributed by atoms with E-state index in [4.69, 9.17) is 4.74 Å². The molecule has 2 heterocycles. The number of carbonyl (C=O) groups is 1. The first-order valence-electron chi connectivity index (χ1n) is 6.79. The zero-order valence-corrected chi connectivity index (χ0v) is 11.6. The van der Waals surface area contributed by atoms with E-state index in [0.29, 0.717) is 26.1 Å². The van der Waals surface area contributed by atoms with Gasteiger partial charge in [0, 0.05) is 47.3 Å². The van der Waals surface area contributed by atoms with Gasteiger partial charge in [-0.25, -0.2) is 4.79 Å². The van der Waals surface area contributed by atoms with Crippen LogP contribution in [0.5, 0.6) is 0 Å². The number of hydrogen-bond donors (Lipinski definition) is 1. The standard InChI is InChI=1S/C14H15N3O4/c1-2-21-14(18)16-6-5-13-11(8-16)10-7-9(17(19)20)3-4-12(10)15-13/h3-4,7,15H,2,5-6,8H2,1H3. The largest absolute Gasteiger partial charge is 0.450 e. The predicted octanol–water partition coefficient (Wildman–Crippen LogP) is 2.59. The van der Waals surface area contributed by atoms with Gasteiger partial charge in [0.25, 0.3) is 5.69 Å². The molecule has 0 saturated heterocycles. The molecule has 1 amide bonds. The van der Waals surface area contributed by atoms with Crippen LogP contribution in [-0.2, 0) is 17.7 Å². The predicted molar refractivity (Wildman–Crippen MR) is 76.1 cm³/mol.